The van der Waals surface area contributed by atoms with E-state index in [-0.39, 0.29) is 80.6 Å². The molecule has 10 nitrogen and oxygen atoms in total. The summed E-state index contributed by atoms with van der Waals surface area (Å²) in [6.07, 6.45) is 1.56. The molecule has 1 aliphatic carbocycles. The highest BCUT2D eigenvalue weighted by molar-refractivity contribution is 5.91. The van der Waals surface area contributed by atoms with Crippen molar-refractivity contribution in [3.63, 3.8) is 0 Å². The summed E-state index contributed by atoms with van der Waals surface area (Å²) in [5, 5.41) is 7.30. The maximum atomic E-state index is 16.4. The molecule has 1 aromatic carbocycles. The van der Waals surface area contributed by atoms with Crippen molar-refractivity contribution in [3.8, 4) is 0 Å². The lowest BCUT2D eigenvalue weighted by Gasteiger charge is -2.46. The van der Waals surface area contributed by atoms with Crippen LogP contribution in [-0.2, 0) is 19.7 Å². The van der Waals surface area contributed by atoms with Gasteiger partial charge >= 0.3 is 0 Å². The average Bonchev–Trinajstić information content (AvgIpc) is 3.67. The zero-order valence-corrected chi connectivity index (χ0v) is 24.6. The van der Waals surface area contributed by atoms with Gasteiger partial charge in [0.05, 0.1) is 30.1 Å². The van der Waals surface area contributed by atoms with E-state index in [1.807, 2.05) is 0 Å². The van der Waals surface area contributed by atoms with Gasteiger partial charge in [-0.25, -0.2) is 26.9 Å². The highest BCUT2D eigenvalue weighted by Crippen LogP contribution is 2.45. The summed E-state index contributed by atoms with van der Waals surface area (Å²) in [7, 11) is 0. The SMILES string of the molecule is O=C(N1CC(F)(F)C1)C1(c2ccc3[nH]c([C@@H](Nc4noc(C5CCOCC5)n4)C4CCC(F)(F)CC4)nc3c2F)CCOCC1. The molecule has 0 bridgehead atoms. The Kier molecular flexibility index (Phi) is 7.74. The van der Waals surface area contributed by atoms with Gasteiger partial charge in [0.15, 0.2) is 5.82 Å². The van der Waals surface area contributed by atoms with Crippen molar-refractivity contribution in [2.24, 2.45) is 5.92 Å². The summed E-state index contributed by atoms with van der Waals surface area (Å²) < 4.78 is 88.5. The van der Waals surface area contributed by atoms with Gasteiger partial charge in [0.2, 0.25) is 17.7 Å². The van der Waals surface area contributed by atoms with E-state index >= 15 is 4.39 Å². The van der Waals surface area contributed by atoms with Crippen molar-refractivity contribution >= 4 is 22.9 Å². The van der Waals surface area contributed by atoms with Gasteiger partial charge in [0.1, 0.15) is 11.3 Å². The Labute approximate surface area is 255 Å². The smallest absolute Gasteiger partial charge is 0.282 e. The van der Waals surface area contributed by atoms with Crippen LogP contribution >= 0.6 is 0 Å². The summed E-state index contributed by atoms with van der Waals surface area (Å²) in [5.74, 6) is -6.30. The first kappa shape index (κ1) is 30.3. The van der Waals surface area contributed by atoms with E-state index in [4.69, 9.17) is 14.0 Å². The first-order valence-electron chi connectivity index (χ1n) is 15.5. The van der Waals surface area contributed by atoms with Gasteiger partial charge in [-0.1, -0.05) is 6.07 Å². The van der Waals surface area contributed by atoms with E-state index in [1.165, 1.54) is 6.07 Å². The van der Waals surface area contributed by atoms with Gasteiger partial charge in [-0.15, -0.1) is 0 Å². The number of carbonyl (C=O) groups is 1. The van der Waals surface area contributed by atoms with E-state index in [0.717, 1.165) is 17.7 Å². The number of hydrogen-bond donors (Lipinski definition) is 2. The Bertz CT molecular complexity index is 1530. The molecule has 2 N–H and O–H groups in total. The number of amides is 1. The molecule has 45 heavy (non-hydrogen) atoms. The average molecular weight is 639 g/mol. The van der Waals surface area contributed by atoms with E-state index in [0.29, 0.717) is 30.4 Å². The number of alkyl halides is 4. The van der Waals surface area contributed by atoms with Crippen LogP contribution in [0.5, 0.6) is 0 Å². The second kappa shape index (κ2) is 11.5. The molecule has 15 heteroatoms. The van der Waals surface area contributed by atoms with Crippen LogP contribution in [0.4, 0.5) is 27.9 Å². The number of likely N-dealkylation sites (tertiary alicyclic amines) is 1. The number of nitrogens with one attached hydrogen (secondary N) is 2. The van der Waals surface area contributed by atoms with Crippen LogP contribution in [-0.4, -0.2) is 82.3 Å². The molecular formula is C30H35F5N6O4. The van der Waals surface area contributed by atoms with Crippen LogP contribution < -0.4 is 5.32 Å². The second-order valence-electron chi connectivity index (χ2n) is 12.8. The molecule has 5 heterocycles. The minimum absolute atomic E-state index is 0.0287. The number of carbonyl (C=O) groups excluding carboxylic acids is 1. The van der Waals surface area contributed by atoms with Gasteiger partial charge in [-0.2, -0.15) is 4.98 Å². The zero-order chi connectivity index (χ0) is 31.4. The van der Waals surface area contributed by atoms with Crippen LogP contribution in [0.2, 0.25) is 0 Å². The number of nitrogens with zero attached hydrogens (tertiary/aromatic N) is 4. The Morgan fingerprint density at radius 3 is 2.31 bits per heavy atom. The number of aromatic amines is 1. The van der Waals surface area contributed by atoms with Crippen molar-refractivity contribution in [3.05, 3.63) is 35.2 Å². The number of anilines is 1. The molecule has 0 unspecified atom stereocenters. The molecule has 7 rings (SSSR count). The fourth-order valence-electron chi connectivity index (χ4n) is 7.20. The van der Waals surface area contributed by atoms with Crippen LogP contribution in [0.1, 0.15) is 80.6 Å². The van der Waals surface area contributed by atoms with Gasteiger partial charge in [-0.3, -0.25) is 4.79 Å². The lowest BCUT2D eigenvalue weighted by molar-refractivity contribution is -0.174. The highest BCUT2D eigenvalue weighted by Gasteiger charge is 2.54. The van der Waals surface area contributed by atoms with Gasteiger partial charge in [0, 0.05) is 50.8 Å². The second-order valence-corrected chi connectivity index (χ2v) is 12.8. The number of ether oxygens (including phenoxy) is 2. The normalized spacial score (nSPS) is 24.3. The molecule has 0 radical (unpaired) electrons. The van der Waals surface area contributed by atoms with E-state index in [9.17, 15) is 22.4 Å². The van der Waals surface area contributed by atoms with Crippen molar-refractivity contribution in [2.75, 3.05) is 44.8 Å². The third kappa shape index (κ3) is 5.77. The number of H-pyrrole nitrogens is 1. The summed E-state index contributed by atoms with van der Waals surface area (Å²) in [6.45, 7) is 0.129. The topological polar surface area (TPSA) is 118 Å². The van der Waals surface area contributed by atoms with Crippen LogP contribution in [0.25, 0.3) is 11.0 Å². The fourth-order valence-corrected chi connectivity index (χ4v) is 7.20. The zero-order valence-electron chi connectivity index (χ0n) is 24.6. The van der Waals surface area contributed by atoms with Crippen molar-refractivity contribution in [2.45, 2.75) is 80.6 Å². The maximum absolute atomic E-state index is 16.4. The molecule has 244 valence electrons. The molecule has 1 atom stereocenters. The Balaban J connectivity index is 1.22. The molecule has 4 aliphatic rings. The minimum Gasteiger partial charge on any atom is -0.381 e. The van der Waals surface area contributed by atoms with Crippen molar-refractivity contribution in [1.29, 1.82) is 0 Å². The van der Waals surface area contributed by atoms with Crippen molar-refractivity contribution < 1.29 is 40.7 Å². The van der Waals surface area contributed by atoms with Gasteiger partial charge in [-0.05, 0) is 55.7 Å². The van der Waals surface area contributed by atoms with E-state index < -0.39 is 48.1 Å². The first-order valence-corrected chi connectivity index (χ1v) is 15.5. The van der Waals surface area contributed by atoms with Gasteiger partial charge < -0.3 is 29.2 Å². The van der Waals surface area contributed by atoms with E-state index in [2.05, 4.69) is 25.4 Å². The van der Waals surface area contributed by atoms with E-state index in [1.54, 1.807) is 6.07 Å². The number of benzene rings is 1. The minimum atomic E-state index is -2.96. The third-order valence-corrected chi connectivity index (χ3v) is 9.84. The molecule has 2 aromatic heterocycles. The standard InChI is InChI=1S/C30H35F5N6O4/c31-21-19(28(9-13-44-14-10-28)26(42)41-15-30(34,35)16-41)1-2-20-23(21)37-24(36-20)22(17-3-7-29(32,33)8-4-17)38-27-39-25(45-40-27)18-5-11-43-12-6-18/h1-2,17-18,22H,3-16H2,(H,36,37)(H,38,40)/t22-/m0/s1. The summed E-state index contributed by atoms with van der Waals surface area (Å²) in [5.41, 5.74) is -0.971. The molecule has 3 aromatic rings. The Hall–Kier alpha value is -3.33. The molecule has 3 aliphatic heterocycles. The highest BCUT2D eigenvalue weighted by atomic mass is 19.3. The molecule has 1 amide bonds. The predicted molar refractivity (Wildman–Crippen MR) is 150 cm³/mol. The fraction of sp³-hybridized carbons (Fsp3) is 0.667. The Morgan fingerprint density at radius 1 is 0.933 bits per heavy atom. The van der Waals surface area contributed by atoms with Crippen LogP contribution in [0, 0.1) is 11.7 Å². The van der Waals surface area contributed by atoms with Crippen LogP contribution in [0.15, 0.2) is 16.7 Å². The maximum Gasteiger partial charge on any atom is 0.282 e. The third-order valence-electron chi connectivity index (χ3n) is 9.84. The molecule has 1 saturated carbocycles. The summed E-state index contributed by atoms with van der Waals surface area (Å²) >= 11 is 0. The quantitative estimate of drug-likeness (QED) is 0.327. The predicted octanol–water partition coefficient (Wildman–Crippen LogP) is 5.48. The largest absolute Gasteiger partial charge is 0.381 e. The Morgan fingerprint density at radius 2 is 1.62 bits per heavy atom. The molecule has 4 fully saturated rings. The summed E-state index contributed by atoms with van der Waals surface area (Å²) in [6, 6.07) is 2.45. The number of aromatic nitrogens is 4. The monoisotopic (exact) mass is 638 g/mol. The molecule has 3 saturated heterocycles. The summed E-state index contributed by atoms with van der Waals surface area (Å²) in [4.78, 5) is 27.0. The number of hydrogen-bond acceptors (Lipinski definition) is 8. The van der Waals surface area contributed by atoms with Gasteiger partial charge in [0.25, 0.3) is 11.9 Å². The first-order chi connectivity index (χ1) is 21.5. The van der Waals surface area contributed by atoms with Crippen molar-refractivity contribution in [1.82, 2.24) is 25.0 Å². The lowest BCUT2D eigenvalue weighted by Crippen LogP contribution is -2.63. The number of rotatable bonds is 7. The number of fused-ring (bicyclic) bond motifs is 1. The molecular weight excluding hydrogens is 603 g/mol. The number of halogens is 5. The van der Waals surface area contributed by atoms with Crippen LogP contribution in [0.3, 0.4) is 0 Å². The lowest BCUT2D eigenvalue weighted by atomic mass is 9.72. The molecule has 0 spiro atoms. The number of imidazole rings is 1.